The molecular formula is C21H25NO2. The zero-order valence-corrected chi connectivity index (χ0v) is 14.5. The first-order valence-corrected chi connectivity index (χ1v) is 8.84. The maximum atomic E-state index is 6.20. The lowest BCUT2D eigenvalue weighted by molar-refractivity contribution is 0.0560. The highest BCUT2D eigenvalue weighted by molar-refractivity contribution is 5.56. The average Bonchev–Trinajstić information content (AvgIpc) is 3.44. The third-order valence-corrected chi connectivity index (χ3v) is 5.20. The Morgan fingerprint density at radius 3 is 2.50 bits per heavy atom. The van der Waals surface area contributed by atoms with E-state index in [1.54, 1.807) is 7.11 Å². The van der Waals surface area contributed by atoms with Gasteiger partial charge in [-0.3, -0.25) is 0 Å². The number of ether oxygens (including phenoxy) is 2. The van der Waals surface area contributed by atoms with Crippen molar-refractivity contribution in [2.45, 2.75) is 31.3 Å². The standard InChI is InChI=1S/C21H25NO2/c1-22-11-12-24-21(16-5-8-19(23-2)9-6-16)14-18-13-17(15-3-4-15)7-10-20(18)22/h5-10,13,15,21H,3-4,11-12,14H2,1-2H3. The Morgan fingerprint density at radius 1 is 1.04 bits per heavy atom. The molecule has 1 aliphatic heterocycles. The van der Waals surface area contributed by atoms with Crippen LogP contribution in [0.3, 0.4) is 0 Å². The topological polar surface area (TPSA) is 21.7 Å². The molecule has 4 rings (SSSR count). The summed E-state index contributed by atoms with van der Waals surface area (Å²) in [5, 5.41) is 0. The van der Waals surface area contributed by atoms with Crippen LogP contribution in [0, 0.1) is 0 Å². The summed E-state index contributed by atoms with van der Waals surface area (Å²) in [6, 6.07) is 15.3. The number of fused-ring (bicyclic) bond motifs is 1. The maximum Gasteiger partial charge on any atom is 0.118 e. The Labute approximate surface area is 144 Å². The SMILES string of the molecule is COc1ccc(C2Cc3cc(C4CC4)ccc3N(C)CCO2)cc1. The summed E-state index contributed by atoms with van der Waals surface area (Å²) < 4.78 is 11.5. The minimum atomic E-state index is 0.109. The number of methoxy groups -OCH3 is 1. The molecule has 0 amide bonds. The fourth-order valence-electron chi connectivity index (χ4n) is 3.56. The molecule has 2 aliphatic rings. The van der Waals surface area contributed by atoms with E-state index < -0.39 is 0 Å². The summed E-state index contributed by atoms with van der Waals surface area (Å²) in [5.74, 6) is 1.67. The number of hydrogen-bond donors (Lipinski definition) is 0. The van der Waals surface area contributed by atoms with E-state index in [0.29, 0.717) is 0 Å². The van der Waals surface area contributed by atoms with Gasteiger partial charge in [0.15, 0.2) is 0 Å². The van der Waals surface area contributed by atoms with Crippen LogP contribution < -0.4 is 9.64 Å². The van der Waals surface area contributed by atoms with Gasteiger partial charge in [-0.25, -0.2) is 0 Å². The summed E-state index contributed by atoms with van der Waals surface area (Å²) in [7, 11) is 3.86. The third-order valence-electron chi connectivity index (χ3n) is 5.20. The summed E-state index contributed by atoms with van der Waals surface area (Å²) in [4.78, 5) is 2.32. The van der Waals surface area contributed by atoms with Crippen LogP contribution in [-0.2, 0) is 11.2 Å². The van der Waals surface area contributed by atoms with Crippen LogP contribution in [0.2, 0.25) is 0 Å². The second-order valence-corrected chi connectivity index (χ2v) is 6.92. The molecule has 1 unspecified atom stereocenters. The number of nitrogens with zero attached hydrogens (tertiary/aromatic N) is 1. The zero-order chi connectivity index (χ0) is 16.5. The molecule has 0 radical (unpaired) electrons. The van der Waals surface area contributed by atoms with Crippen molar-refractivity contribution < 1.29 is 9.47 Å². The number of anilines is 1. The Kier molecular flexibility index (Phi) is 4.19. The van der Waals surface area contributed by atoms with Crippen molar-refractivity contribution in [2.75, 3.05) is 32.2 Å². The molecule has 3 nitrogen and oxygen atoms in total. The monoisotopic (exact) mass is 323 g/mol. The molecule has 0 saturated heterocycles. The Morgan fingerprint density at radius 2 is 1.79 bits per heavy atom. The minimum Gasteiger partial charge on any atom is -0.497 e. The van der Waals surface area contributed by atoms with Gasteiger partial charge in [0.1, 0.15) is 5.75 Å². The van der Waals surface area contributed by atoms with Gasteiger partial charge < -0.3 is 14.4 Å². The summed E-state index contributed by atoms with van der Waals surface area (Å²) >= 11 is 0. The molecule has 2 aromatic rings. The van der Waals surface area contributed by atoms with Gasteiger partial charge in [0.2, 0.25) is 0 Å². The normalized spacial score (nSPS) is 20.9. The molecule has 126 valence electrons. The van der Waals surface area contributed by atoms with Crippen LogP contribution in [-0.4, -0.2) is 27.3 Å². The van der Waals surface area contributed by atoms with Crippen LogP contribution in [0.5, 0.6) is 5.75 Å². The van der Waals surface area contributed by atoms with Crippen molar-refractivity contribution >= 4 is 5.69 Å². The first-order valence-electron chi connectivity index (χ1n) is 8.84. The van der Waals surface area contributed by atoms with E-state index in [2.05, 4.69) is 42.3 Å². The quantitative estimate of drug-likeness (QED) is 0.839. The molecule has 24 heavy (non-hydrogen) atoms. The van der Waals surface area contributed by atoms with E-state index in [4.69, 9.17) is 9.47 Å². The van der Waals surface area contributed by atoms with Gasteiger partial charge in [-0.2, -0.15) is 0 Å². The van der Waals surface area contributed by atoms with E-state index in [1.165, 1.54) is 35.2 Å². The lowest BCUT2D eigenvalue weighted by Gasteiger charge is -2.30. The second-order valence-electron chi connectivity index (χ2n) is 6.92. The van der Waals surface area contributed by atoms with Crippen molar-refractivity contribution in [1.82, 2.24) is 0 Å². The largest absolute Gasteiger partial charge is 0.497 e. The minimum absolute atomic E-state index is 0.109. The van der Waals surface area contributed by atoms with Crippen LogP contribution in [0.4, 0.5) is 5.69 Å². The summed E-state index contributed by atoms with van der Waals surface area (Å²) in [6.07, 6.45) is 3.71. The smallest absolute Gasteiger partial charge is 0.118 e. The molecule has 1 atom stereocenters. The van der Waals surface area contributed by atoms with Gasteiger partial charge in [0, 0.05) is 25.7 Å². The van der Waals surface area contributed by atoms with E-state index in [0.717, 1.165) is 31.2 Å². The van der Waals surface area contributed by atoms with Crippen molar-refractivity contribution in [2.24, 2.45) is 0 Å². The number of hydrogen-bond acceptors (Lipinski definition) is 3. The Hall–Kier alpha value is -2.00. The molecule has 1 saturated carbocycles. The van der Waals surface area contributed by atoms with Crippen LogP contribution >= 0.6 is 0 Å². The van der Waals surface area contributed by atoms with Crippen molar-refractivity contribution in [1.29, 1.82) is 0 Å². The highest BCUT2D eigenvalue weighted by Crippen LogP contribution is 2.42. The Bertz CT molecular complexity index is 706. The summed E-state index contributed by atoms with van der Waals surface area (Å²) in [5.41, 5.74) is 5.47. The van der Waals surface area contributed by atoms with Gasteiger partial charge in [-0.1, -0.05) is 24.3 Å². The third kappa shape index (κ3) is 3.13. The van der Waals surface area contributed by atoms with Gasteiger partial charge in [-0.05, 0) is 53.6 Å². The van der Waals surface area contributed by atoms with Crippen molar-refractivity contribution in [3.63, 3.8) is 0 Å². The predicted molar refractivity (Wildman–Crippen MR) is 97.1 cm³/mol. The second kappa shape index (κ2) is 6.48. The lowest BCUT2D eigenvalue weighted by Crippen LogP contribution is -2.28. The van der Waals surface area contributed by atoms with E-state index in [1.807, 2.05) is 12.1 Å². The lowest BCUT2D eigenvalue weighted by atomic mass is 9.96. The van der Waals surface area contributed by atoms with Crippen molar-refractivity contribution in [3.8, 4) is 5.75 Å². The highest BCUT2D eigenvalue weighted by Gasteiger charge is 2.26. The fraction of sp³-hybridized carbons (Fsp3) is 0.429. The van der Waals surface area contributed by atoms with Gasteiger partial charge >= 0.3 is 0 Å². The maximum absolute atomic E-state index is 6.20. The van der Waals surface area contributed by atoms with Crippen LogP contribution in [0.25, 0.3) is 0 Å². The van der Waals surface area contributed by atoms with Gasteiger partial charge in [0.05, 0.1) is 19.8 Å². The predicted octanol–water partition coefficient (Wildman–Crippen LogP) is 4.32. The molecule has 0 bridgehead atoms. The highest BCUT2D eigenvalue weighted by atomic mass is 16.5. The molecule has 0 N–H and O–H groups in total. The van der Waals surface area contributed by atoms with Gasteiger partial charge in [0.25, 0.3) is 0 Å². The van der Waals surface area contributed by atoms with Crippen LogP contribution in [0.1, 0.15) is 41.6 Å². The van der Waals surface area contributed by atoms with Crippen molar-refractivity contribution in [3.05, 3.63) is 59.2 Å². The number of benzene rings is 2. The molecule has 2 aromatic carbocycles. The van der Waals surface area contributed by atoms with E-state index >= 15 is 0 Å². The Balaban J connectivity index is 1.65. The first-order chi connectivity index (χ1) is 11.7. The summed E-state index contributed by atoms with van der Waals surface area (Å²) in [6.45, 7) is 1.67. The van der Waals surface area contributed by atoms with E-state index in [9.17, 15) is 0 Å². The molecule has 1 fully saturated rings. The molecule has 1 heterocycles. The van der Waals surface area contributed by atoms with Crippen LogP contribution in [0.15, 0.2) is 42.5 Å². The molecule has 0 spiro atoms. The number of rotatable bonds is 3. The fourth-order valence-corrected chi connectivity index (χ4v) is 3.56. The molecular weight excluding hydrogens is 298 g/mol. The molecule has 1 aliphatic carbocycles. The first kappa shape index (κ1) is 15.5. The average molecular weight is 323 g/mol. The molecule has 3 heteroatoms. The van der Waals surface area contributed by atoms with E-state index in [-0.39, 0.29) is 6.10 Å². The molecule has 0 aromatic heterocycles. The zero-order valence-electron chi connectivity index (χ0n) is 14.5. The van der Waals surface area contributed by atoms with Gasteiger partial charge in [-0.15, -0.1) is 0 Å². The number of likely N-dealkylation sites (N-methyl/N-ethyl adjacent to an activating group) is 1.